The molecule has 0 aliphatic heterocycles. The summed E-state index contributed by atoms with van der Waals surface area (Å²) in [5, 5.41) is 19.2. The van der Waals surface area contributed by atoms with Crippen LogP contribution in [0.15, 0.2) is 48.5 Å². The average Bonchev–Trinajstić information content (AvgIpc) is 2.40. The summed E-state index contributed by atoms with van der Waals surface area (Å²) in [6, 6.07) is 11.6. The Balaban J connectivity index is 2.26. The fourth-order valence-electron chi connectivity index (χ4n) is 1.73. The number of carbonyl (C=O) groups is 1. The third-order valence-corrected chi connectivity index (χ3v) is 2.77. The zero-order valence-electron chi connectivity index (χ0n) is 10.5. The molecule has 96 valence electrons. The third-order valence-electron chi connectivity index (χ3n) is 2.77. The highest BCUT2D eigenvalue weighted by Gasteiger charge is 2.08. The molecule has 3 heteroatoms. The van der Waals surface area contributed by atoms with Crippen molar-refractivity contribution < 1.29 is 15.0 Å². The predicted molar refractivity (Wildman–Crippen MR) is 74.3 cm³/mol. The standard InChI is InChI=1S/C16H14O3/c1-11-6-8-15(18)13(10-11)16(19)9-7-12-4-2-3-5-14(12)17/h2-10,17-18H,1H3/b9-7+. The second kappa shape index (κ2) is 5.40. The van der Waals surface area contributed by atoms with Gasteiger partial charge in [0.05, 0.1) is 5.56 Å². The summed E-state index contributed by atoms with van der Waals surface area (Å²) in [4.78, 5) is 12.0. The molecule has 0 aliphatic rings. The van der Waals surface area contributed by atoms with E-state index in [0.29, 0.717) is 5.56 Å². The van der Waals surface area contributed by atoms with Crippen LogP contribution in [0.2, 0.25) is 0 Å². The van der Waals surface area contributed by atoms with Crippen molar-refractivity contribution in [2.45, 2.75) is 6.92 Å². The van der Waals surface area contributed by atoms with Gasteiger partial charge in [-0.25, -0.2) is 0 Å². The Morgan fingerprint density at radius 1 is 1.05 bits per heavy atom. The van der Waals surface area contributed by atoms with Crippen LogP contribution < -0.4 is 0 Å². The molecule has 0 spiro atoms. The lowest BCUT2D eigenvalue weighted by Gasteiger charge is -2.02. The molecule has 2 aromatic rings. The van der Waals surface area contributed by atoms with Crippen LogP contribution in [0.25, 0.3) is 6.08 Å². The minimum absolute atomic E-state index is 0.0440. The lowest BCUT2D eigenvalue weighted by molar-refractivity contribution is 0.104. The summed E-state index contributed by atoms with van der Waals surface area (Å²) in [5.41, 5.74) is 1.71. The van der Waals surface area contributed by atoms with Crippen LogP contribution in [0.4, 0.5) is 0 Å². The molecule has 3 nitrogen and oxygen atoms in total. The quantitative estimate of drug-likeness (QED) is 0.652. The number of hydrogen-bond donors (Lipinski definition) is 2. The Morgan fingerprint density at radius 3 is 2.53 bits per heavy atom. The van der Waals surface area contributed by atoms with Gasteiger partial charge < -0.3 is 10.2 Å². The minimum Gasteiger partial charge on any atom is -0.507 e. The first-order chi connectivity index (χ1) is 9.08. The van der Waals surface area contributed by atoms with E-state index in [2.05, 4.69) is 0 Å². The molecule has 0 radical (unpaired) electrons. The summed E-state index contributed by atoms with van der Waals surface area (Å²) >= 11 is 0. The van der Waals surface area contributed by atoms with Crippen LogP contribution >= 0.6 is 0 Å². The Bertz CT molecular complexity index is 642. The zero-order chi connectivity index (χ0) is 13.8. The number of aromatic hydroxyl groups is 2. The maximum absolute atomic E-state index is 12.0. The first-order valence-corrected chi connectivity index (χ1v) is 5.88. The number of allylic oxidation sites excluding steroid dienone is 1. The van der Waals surface area contributed by atoms with E-state index in [1.807, 2.05) is 6.92 Å². The number of para-hydroxylation sites is 1. The van der Waals surface area contributed by atoms with Gasteiger partial charge in [0, 0.05) is 5.56 Å². The van der Waals surface area contributed by atoms with Gasteiger partial charge in [-0.1, -0.05) is 29.8 Å². The molecule has 19 heavy (non-hydrogen) atoms. The Hall–Kier alpha value is -2.55. The van der Waals surface area contributed by atoms with Crippen molar-refractivity contribution in [1.29, 1.82) is 0 Å². The van der Waals surface area contributed by atoms with Crippen LogP contribution in [-0.4, -0.2) is 16.0 Å². The molecule has 2 rings (SSSR count). The minimum atomic E-state index is -0.301. The Kier molecular flexibility index (Phi) is 3.66. The highest BCUT2D eigenvalue weighted by atomic mass is 16.3. The van der Waals surface area contributed by atoms with Crippen molar-refractivity contribution in [2.24, 2.45) is 0 Å². The summed E-state index contributed by atoms with van der Waals surface area (Å²) in [7, 11) is 0. The van der Waals surface area contributed by atoms with E-state index in [4.69, 9.17) is 0 Å². The van der Waals surface area contributed by atoms with Crippen LogP contribution in [-0.2, 0) is 0 Å². The van der Waals surface area contributed by atoms with Crippen molar-refractivity contribution in [3.05, 3.63) is 65.2 Å². The molecule has 0 atom stereocenters. The maximum atomic E-state index is 12.0. The monoisotopic (exact) mass is 254 g/mol. The predicted octanol–water partition coefficient (Wildman–Crippen LogP) is 3.30. The maximum Gasteiger partial charge on any atom is 0.189 e. The van der Waals surface area contributed by atoms with Gasteiger partial charge in [-0.05, 0) is 37.3 Å². The van der Waals surface area contributed by atoms with Gasteiger partial charge in [0.1, 0.15) is 11.5 Å². The van der Waals surface area contributed by atoms with Crippen LogP contribution in [0, 0.1) is 6.92 Å². The van der Waals surface area contributed by atoms with Crippen molar-refractivity contribution in [3.63, 3.8) is 0 Å². The van der Waals surface area contributed by atoms with E-state index in [1.54, 1.807) is 36.4 Å². The number of phenolic OH excluding ortho intramolecular Hbond substituents is 2. The Labute approximate surface area is 111 Å². The molecule has 0 amide bonds. The smallest absolute Gasteiger partial charge is 0.189 e. The molecule has 0 fully saturated rings. The number of aryl methyl sites for hydroxylation is 1. The molecule has 0 aliphatic carbocycles. The molecule has 0 heterocycles. The van der Waals surface area contributed by atoms with Crippen molar-refractivity contribution in [3.8, 4) is 11.5 Å². The molecule has 0 saturated carbocycles. The zero-order valence-corrected chi connectivity index (χ0v) is 10.5. The van der Waals surface area contributed by atoms with Gasteiger partial charge in [0.2, 0.25) is 0 Å². The van der Waals surface area contributed by atoms with E-state index >= 15 is 0 Å². The number of rotatable bonds is 3. The number of phenols is 2. The first-order valence-electron chi connectivity index (χ1n) is 5.88. The second-order valence-corrected chi connectivity index (χ2v) is 4.28. The van der Waals surface area contributed by atoms with E-state index in [-0.39, 0.29) is 22.8 Å². The van der Waals surface area contributed by atoms with E-state index in [9.17, 15) is 15.0 Å². The third kappa shape index (κ3) is 3.01. The average molecular weight is 254 g/mol. The van der Waals surface area contributed by atoms with Crippen molar-refractivity contribution >= 4 is 11.9 Å². The van der Waals surface area contributed by atoms with Gasteiger partial charge in [-0.15, -0.1) is 0 Å². The highest BCUT2D eigenvalue weighted by molar-refractivity contribution is 6.08. The number of carbonyl (C=O) groups excluding carboxylic acids is 1. The van der Waals surface area contributed by atoms with Crippen molar-refractivity contribution in [1.82, 2.24) is 0 Å². The molecular weight excluding hydrogens is 240 g/mol. The van der Waals surface area contributed by atoms with Gasteiger partial charge in [0.25, 0.3) is 0 Å². The molecule has 0 aromatic heterocycles. The van der Waals surface area contributed by atoms with Gasteiger partial charge in [-0.3, -0.25) is 4.79 Å². The van der Waals surface area contributed by atoms with Crippen LogP contribution in [0.1, 0.15) is 21.5 Å². The molecule has 0 saturated heterocycles. The fraction of sp³-hybridized carbons (Fsp3) is 0.0625. The summed E-state index contributed by atoms with van der Waals surface area (Å²) in [5.74, 6) is -0.234. The number of hydrogen-bond acceptors (Lipinski definition) is 3. The second-order valence-electron chi connectivity index (χ2n) is 4.28. The molecule has 2 N–H and O–H groups in total. The number of benzene rings is 2. The van der Waals surface area contributed by atoms with Gasteiger partial charge in [0.15, 0.2) is 5.78 Å². The first kappa shape index (κ1) is 12.9. The highest BCUT2D eigenvalue weighted by Crippen LogP contribution is 2.21. The lowest BCUT2D eigenvalue weighted by atomic mass is 10.1. The van der Waals surface area contributed by atoms with Gasteiger partial charge in [-0.2, -0.15) is 0 Å². The summed E-state index contributed by atoms with van der Waals surface area (Å²) < 4.78 is 0. The fourth-order valence-corrected chi connectivity index (χ4v) is 1.73. The summed E-state index contributed by atoms with van der Waals surface area (Å²) in [6.07, 6.45) is 2.86. The molecule has 0 unspecified atom stereocenters. The molecule has 2 aromatic carbocycles. The largest absolute Gasteiger partial charge is 0.507 e. The topological polar surface area (TPSA) is 57.5 Å². The Morgan fingerprint density at radius 2 is 1.79 bits per heavy atom. The normalized spacial score (nSPS) is 10.8. The SMILES string of the molecule is Cc1ccc(O)c(C(=O)/C=C/c2ccccc2O)c1. The van der Waals surface area contributed by atoms with Crippen molar-refractivity contribution in [2.75, 3.05) is 0 Å². The van der Waals surface area contributed by atoms with Crippen LogP contribution in [0.3, 0.4) is 0 Å². The van der Waals surface area contributed by atoms with E-state index in [0.717, 1.165) is 5.56 Å². The van der Waals surface area contributed by atoms with Gasteiger partial charge >= 0.3 is 0 Å². The number of ketones is 1. The summed E-state index contributed by atoms with van der Waals surface area (Å²) in [6.45, 7) is 1.85. The molecular formula is C16H14O3. The lowest BCUT2D eigenvalue weighted by Crippen LogP contribution is -1.95. The van der Waals surface area contributed by atoms with E-state index < -0.39 is 0 Å². The van der Waals surface area contributed by atoms with E-state index in [1.165, 1.54) is 18.2 Å². The molecule has 0 bridgehead atoms. The van der Waals surface area contributed by atoms with Crippen LogP contribution in [0.5, 0.6) is 11.5 Å².